The molecule has 108 valence electrons. The quantitative estimate of drug-likeness (QED) is 0.900. The summed E-state index contributed by atoms with van der Waals surface area (Å²) in [6.07, 6.45) is 0.646. The number of hydrogen-bond donors (Lipinski definition) is 2. The number of ether oxygens (including phenoxy) is 1. The van der Waals surface area contributed by atoms with E-state index < -0.39 is 0 Å². The molecule has 0 saturated heterocycles. The lowest BCUT2D eigenvalue weighted by Crippen LogP contribution is -2.25. The number of aryl methyl sites for hydroxylation is 1. The Labute approximate surface area is 124 Å². The topological polar surface area (TPSA) is 93.2 Å². The Morgan fingerprint density at radius 3 is 3.19 bits per heavy atom. The predicted molar refractivity (Wildman–Crippen MR) is 77.8 cm³/mol. The first-order valence-electron chi connectivity index (χ1n) is 6.36. The molecule has 0 fully saturated rings. The maximum Gasteiger partial charge on any atom is 0.269 e. The average molecular weight is 304 g/mol. The third kappa shape index (κ3) is 2.70. The van der Waals surface area contributed by atoms with Crippen LogP contribution in [-0.2, 0) is 11.2 Å². The lowest BCUT2D eigenvalue weighted by atomic mass is 10.2. The Bertz CT molecular complexity index is 713. The van der Waals surface area contributed by atoms with Crippen LogP contribution in [0.15, 0.2) is 18.2 Å². The normalized spacial score (nSPS) is 13.1. The van der Waals surface area contributed by atoms with Gasteiger partial charge in [0.25, 0.3) is 11.8 Å². The number of amides is 2. The SMILES string of the molecule is CCc1nnsc1C(=O)Nc1ccc2c(c1)NC(=O)CO2. The first-order chi connectivity index (χ1) is 10.2. The number of nitrogens with zero attached hydrogens (tertiary/aromatic N) is 2. The monoisotopic (exact) mass is 304 g/mol. The standard InChI is InChI=1S/C13H12N4O3S/c1-2-8-12(21-17-16-8)13(19)14-7-3-4-10-9(5-7)15-11(18)6-20-10/h3-5H,2,6H2,1H3,(H,14,19)(H,15,18). The van der Waals surface area contributed by atoms with Gasteiger partial charge in [-0.25, -0.2) is 0 Å². The van der Waals surface area contributed by atoms with Gasteiger partial charge in [0.15, 0.2) is 6.61 Å². The van der Waals surface area contributed by atoms with E-state index in [0.717, 1.165) is 11.5 Å². The summed E-state index contributed by atoms with van der Waals surface area (Å²) < 4.78 is 9.05. The first-order valence-corrected chi connectivity index (χ1v) is 7.14. The van der Waals surface area contributed by atoms with Crippen molar-refractivity contribution >= 4 is 34.7 Å². The van der Waals surface area contributed by atoms with E-state index >= 15 is 0 Å². The molecule has 2 amide bonds. The van der Waals surface area contributed by atoms with Crippen LogP contribution < -0.4 is 15.4 Å². The maximum atomic E-state index is 12.2. The van der Waals surface area contributed by atoms with E-state index in [4.69, 9.17) is 4.74 Å². The van der Waals surface area contributed by atoms with Crippen molar-refractivity contribution in [3.05, 3.63) is 28.8 Å². The minimum Gasteiger partial charge on any atom is -0.482 e. The Hall–Kier alpha value is -2.48. The summed E-state index contributed by atoms with van der Waals surface area (Å²) in [5.74, 6) is 0.108. The molecule has 1 aromatic carbocycles. The molecule has 0 bridgehead atoms. The molecule has 7 nitrogen and oxygen atoms in total. The minimum atomic E-state index is -0.259. The van der Waals surface area contributed by atoms with Gasteiger partial charge in [0, 0.05) is 5.69 Å². The van der Waals surface area contributed by atoms with Gasteiger partial charge < -0.3 is 15.4 Å². The molecule has 0 spiro atoms. The number of nitrogens with one attached hydrogen (secondary N) is 2. The summed E-state index contributed by atoms with van der Waals surface area (Å²) in [5, 5.41) is 9.37. The van der Waals surface area contributed by atoms with Crippen LogP contribution in [0.4, 0.5) is 11.4 Å². The van der Waals surface area contributed by atoms with Gasteiger partial charge in [-0.05, 0) is 36.2 Å². The Morgan fingerprint density at radius 2 is 2.38 bits per heavy atom. The highest BCUT2D eigenvalue weighted by Crippen LogP contribution is 2.30. The van der Waals surface area contributed by atoms with Crippen molar-refractivity contribution in [3.63, 3.8) is 0 Å². The van der Waals surface area contributed by atoms with Crippen LogP contribution in [0.2, 0.25) is 0 Å². The fourth-order valence-electron chi connectivity index (χ4n) is 1.96. The fourth-order valence-corrected chi connectivity index (χ4v) is 2.61. The second-order valence-corrected chi connectivity index (χ2v) is 5.16. The van der Waals surface area contributed by atoms with Gasteiger partial charge in [0.1, 0.15) is 10.6 Å². The fraction of sp³-hybridized carbons (Fsp3) is 0.231. The Kier molecular flexibility index (Phi) is 3.53. The van der Waals surface area contributed by atoms with Crippen LogP contribution in [0.25, 0.3) is 0 Å². The molecule has 0 radical (unpaired) electrons. The molecule has 0 unspecified atom stereocenters. The molecule has 21 heavy (non-hydrogen) atoms. The van der Waals surface area contributed by atoms with E-state index in [-0.39, 0.29) is 18.4 Å². The van der Waals surface area contributed by atoms with Crippen LogP contribution in [0.1, 0.15) is 22.3 Å². The number of rotatable bonds is 3. The van der Waals surface area contributed by atoms with E-state index in [0.29, 0.717) is 34.1 Å². The van der Waals surface area contributed by atoms with E-state index in [1.807, 2.05) is 6.92 Å². The molecule has 0 aliphatic carbocycles. The zero-order valence-electron chi connectivity index (χ0n) is 11.2. The van der Waals surface area contributed by atoms with Gasteiger partial charge in [0.2, 0.25) is 0 Å². The highest BCUT2D eigenvalue weighted by molar-refractivity contribution is 7.08. The third-order valence-electron chi connectivity index (χ3n) is 2.97. The molecule has 2 heterocycles. The molecule has 2 aromatic rings. The maximum absolute atomic E-state index is 12.2. The van der Waals surface area contributed by atoms with Crippen molar-refractivity contribution < 1.29 is 14.3 Å². The van der Waals surface area contributed by atoms with Gasteiger partial charge in [-0.15, -0.1) is 5.10 Å². The zero-order chi connectivity index (χ0) is 14.8. The van der Waals surface area contributed by atoms with E-state index in [1.165, 1.54) is 0 Å². The van der Waals surface area contributed by atoms with E-state index in [9.17, 15) is 9.59 Å². The highest BCUT2D eigenvalue weighted by Gasteiger charge is 2.18. The van der Waals surface area contributed by atoms with E-state index in [1.54, 1.807) is 18.2 Å². The molecular formula is C13H12N4O3S. The Balaban J connectivity index is 1.81. The Morgan fingerprint density at radius 1 is 1.52 bits per heavy atom. The molecule has 1 aromatic heterocycles. The molecule has 2 N–H and O–H groups in total. The van der Waals surface area contributed by atoms with Crippen LogP contribution in [0.3, 0.4) is 0 Å². The lowest BCUT2D eigenvalue weighted by molar-refractivity contribution is -0.118. The summed E-state index contributed by atoms with van der Waals surface area (Å²) in [4.78, 5) is 24.0. The van der Waals surface area contributed by atoms with Gasteiger partial charge in [-0.3, -0.25) is 9.59 Å². The largest absolute Gasteiger partial charge is 0.482 e. The molecule has 0 atom stereocenters. The second-order valence-electron chi connectivity index (χ2n) is 4.40. The van der Waals surface area contributed by atoms with Crippen LogP contribution >= 0.6 is 11.5 Å². The van der Waals surface area contributed by atoms with Crippen molar-refractivity contribution in [2.24, 2.45) is 0 Å². The summed E-state index contributed by atoms with van der Waals surface area (Å²) in [5.41, 5.74) is 1.79. The minimum absolute atomic E-state index is 0.00506. The summed E-state index contributed by atoms with van der Waals surface area (Å²) in [7, 11) is 0. The smallest absolute Gasteiger partial charge is 0.269 e. The number of fused-ring (bicyclic) bond motifs is 1. The third-order valence-corrected chi connectivity index (χ3v) is 3.73. The second kappa shape index (κ2) is 5.49. The predicted octanol–water partition coefficient (Wildman–Crippen LogP) is 1.68. The van der Waals surface area contributed by atoms with Crippen LogP contribution in [0, 0.1) is 0 Å². The molecular weight excluding hydrogens is 292 g/mol. The summed E-state index contributed by atoms with van der Waals surface area (Å²) in [6.45, 7) is 1.92. The first kappa shape index (κ1) is 13.5. The average Bonchev–Trinajstić information content (AvgIpc) is 2.95. The molecule has 0 saturated carbocycles. The van der Waals surface area contributed by atoms with Gasteiger partial charge in [-0.1, -0.05) is 11.4 Å². The van der Waals surface area contributed by atoms with Crippen molar-refractivity contribution in [2.75, 3.05) is 17.2 Å². The molecule has 3 rings (SSSR count). The summed E-state index contributed by atoms with van der Waals surface area (Å²) >= 11 is 1.06. The van der Waals surface area contributed by atoms with Crippen LogP contribution in [-0.4, -0.2) is 28.0 Å². The number of hydrogen-bond acceptors (Lipinski definition) is 6. The molecule has 1 aliphatic heterocycles. The lowest BCUT2D eigenvalue weighted by Gasteiger charge is -2.18. The number of anilines is 2. The van der Waals surface area contributed by atoms with Gasteiger partial charge in [-0.2, -0.15) is 0 Å². The van der Waals surface area contributed by atoms with Crippen molar-refractivity contribution in [2.45, 2.75) is 13.3 Å². The highest BCUT2D eigenvalue weighted by atomic mass is 32.1. The zero-order valence-corrected chi connectivity index (χ0v) is 12.0. The molecule has 8 heteroatoms. The van der Waals surface area contributed by atoms with E-state index in [2.05, 4.69) is 20.2 Å². The number of aromatic nitrogens is 2. The van der Waals surface area contributed by atoms with Gasteiger partial charge >= 0.3 is 0 Å². The number of benzene rings is 1. The van der Waals surface area contributed by atoms with Crippen molar-refractivity contribution in [3.8, 4) is 5.75 Å². The number of carbonyl (C=O) groups excluding carboxylic acids is 2. The molecule has 1 aliphatic rings. The van der Waals surface area contributed by atoms with Crippen LogP contribution in [0.5, 0.6) is 5.75 Å². The summed E-state index contributed by atoms with van der Waals surface area (Å²) in [6, 6.07) is 5.08. The van der Waals surface area contributed by atoms with Crippen molar-refractivity contribution in [1.29, 1.82) is 0 Å². The van der Waals surface area contributed by atoms with Gasteiger partial charge in [0.05, 0.1) is 11.4 Å². The van der Waals surface area contributed by atoms with Crippen molar-refractivity contribution in [1.82, 2.24) is 9.59 Å². The number of carbonyl (C=O) groups is 2.